The molecule has 0 saturated carbocycles. The highest BCUT2D eigenvalue weighted by Gasteiger charge is 2.32. The standard InChI is InChI=1S/C15H18F3N3/c1-9-15-13(19-8-20(15)2)3-4-21(9)7-10-5-11(16)14(18)12(17)6-10/h5-6,9,19H,3-4,7-8H2,1-2H3. The predicted molar refractivity (Wildman–Crippen MR) is 73.6 cm³/mol. The van der Waals surface area contributed by atoms with E-state index in [1.807, 2.05) is 7.05 Å². The summed E-state index contributed by atoms with van der Waals surface area (Å²) >= 11 is 0. The summed E-state index contributed by atoms with van der Waals surface area (Å²) in [5, 5.41) is 3.36. The summed E-state index contributed by atoms with van der Waals surface area (Å²) in [6.45, 7) is 4.08. The summed E-state index contributed by atoms with van der Waals surface area (Å²) in [5.41, 5.74) is 2.93. The molecule has 21 heavy (non-hydrogen) atoms. The van der Waals surface area contributed by atoms with Crippen LogP contribution in [0.4, 0.5) is 13.2 Å². The Hall–Kier alpha value is -1.69. The number of likely N-dealkylation sites (N-methyl/N-ethyl adjacent to an activating group) is 1. The molecule has 0 spiro atoms. The van der Waals surface area contributed by atoms with Crippen LogP contribution in [0.3, 0.4) is 0 Å². The van der Waals surface area contributed by atoms with Gasteiger partial charge in [0.2, 0.25) is 0 Å². The van der Waals surface area contributed by atoms with Gasteiger partial charge in [-0.05, 0) is 24.6 Å². The third-order valence-corrected chi connectivity index (χ3v) is 4.27. The molecule has 2 aliphatic heterocycles. The molecule has 1 aromatic rings. The lowest BCUT2D eigenvalue weighted by atomic mass is 10.0. The van der Waals surface area contributed by atoms with Crippen LogP contribution in [0.2, 0.25) is 0 Å². The Bertz CT molecular complexity index is 577. The van der Waals surface area contributed by atoms with E-state index in [1.54, 1.807) is 0 Å². The predicted octanol–water partition coefficient (Wildman–Crippen LogP) is 2.40. The monoisotopic (exact) mass is 297 g/mol. The first-order valence-corrected chi connectivity index (χ1v) is 7.03. The minimum Gasteiger partial charge on any atom is -0.370 e. The van der Waals surface area contributed by atoms with Crippen LogP contribution in [0.25, 0.3) is 0 Å². The van der Waals surface area contributed by atoms with Gasteiger partial charge in [0.15, 0.2) is 17.5 Å². The number of hydrogen-bond donors (Lipinski definition) is 1. The average Bonchev–Trinajstić information content (AvgIpc) is 2.81. The Labute approximate surface area is 122 Å². The van der Waals surface area contributed by atoms with Crippen molar-refractivity contribution >= 4 is 0 Å². The highest BCUT2D eigenvalue weighted by molar-refractivity contribution is 5.26. The minimum absolute atomic E-state index is 0.157. The van der Waals surface area contributed by atoms with Gasteiger partial charge in [-0.2, -0.15) is 0 Å². The molecule has 0 radical (unpaired) electrons. The van der Waals surface area contributed by atoms with Crippen molar-refractivity contribution in [2.24, 2.45) is 0 Å². The molecule has 6 heteroatoms. The number of hydrogen-bond acceptors (Lipinski definition) is 3. The first-order chi connectivity index (χ1) is 9.97. The Balaban J connectivity index is 1.80. The Morgan fingerprint density at radius 2 is 1.90 bits per heavy atom. The molecule has 0 aliphatic carbocycles. The lowest BCUT2D eigenvalue weighted by Crippen LogP contribution is -2.41. The Morgan fingerprint density at radius 3 is 2.57 bits per heavy atom. The van der Waals surface area contributed by atoms with Gasteiger partial charge in [0.25, 0.3) is 0 Å². The van der Waals surface area contributed by atoms with E-state index in [2.05, 4.69) is 22.0 Å². The van der Waals surface area contributed by atoms with Crippen molar-refractivity contribution < 1.29 is 13.2 Å². The van der Waals surface area contributed by atoms with Crippen molar-refractivity contribution in [1.82, 2.24) is 15.1 Å². The second-order valence-corrected chi connectivity index (χ2v) is 5.67. The van der Waals surface area contributed by atoms with Crippen molar-refractivity contribution in [3.8, 4) is 0 Å². The Morgan fingerprint density at radius 1 is 1.24 bits per heavy atom. The lowest BCUT2D eigenvalue weighted by molar-refractivity contribution is 0.189. The molecule has 0 aromatic heterocycles. The maximum Gasteiger partial charge on any atom is 0.194 e. The van der Waals surface area contributed by atoms with Gasteiger partial charge in [0.05, 0.1) is 12.4 Å². The van der Waals surface area contributed by atoms with Gasteiger partial charge in [0, 0.05) is 38.3 Å². The van der Waals surface area contributed by atoms with Crippen LogP contribution in [0.1, 0.15) is 18.9 Å². The smallest absolute Gasteiger partial charge is 0.194 e. The zero-order valence-corrected chi connectivity index (χ0v) is 12.1. The molecule has 0 amide bonds. The molecule has 0 fully saturated rings. The fourth-order valence-corrected chi connectivity index (χ4v) is 3.18. The highest BCUT2D eigenvalue weighted by Crippen LogP contribution is 2.29. The highest BCUT2D eigenvalue weighted by atomic mass is 19.2. The second-order valence-electron chi connectivity index (χ2n) is 5.67. The van der Waals surface area contributed by atoms with Crippen molar-refractivity contribution in [1.29, 1.82) is 0 Å². The summed E-state index contributed by atoms with van der Waals surface area (Å²) < 4.78 is 39.6. The quantitative estimate of drug-likeness (QED) is 0.846. The first-order valence-electron chi connectivity index (χ1n) is 7.03. The van der Waals surface area contributed by atoms with E-state index >= 15 is 0 Å². The van der Waals surface area contributed by atoms with Gasteiger partial charge in [-0.25, -0.2) is 13.2 Å². The molecule has 0 bridgehead atoms. The number of nitrogens with one attached hydrogen (secondary N) is 1. The van der Waals surface area contributed by atoms with E-state index in [0.29, 0.717) is 12.1 Å². The molecule has 2 aliphatic rings. The van der Waals surface area contributed by atoms with E-state index in [0.717, 1.165) is 31.8 Å². The van der Waals surface area contributed by atoms with Crippen molar-refractivity contribution in [3.05, 3.63) is 46.5 Å². The maximum atomic E-state index is 13.3. The SMILES string of the molecule is CC1C2=C(CCN1Cc1cc(F)c(F)c(F)c1)NCN2C. The Kier molecular flexibility index (Phi) is 3.57. The zero-order chi connectivity index (χ0) is 15.1. The van der Waals surface area contributed by atoms with Crippen molar-refractivity contribution in [3.63, 3.8) is 0 Å². The number of benzene rings is 1. The summed E-state index contributed by atoms with van der Waals surface area (Å²) in [5.74, 6) is -3.67. The maximum absolute atomic E-state index is 13.3. The van der Waals surface area contributed by atoms with Crippen molar-refractivity contribution in [2.45, 2.75) is 25.9 Å². The van der Waals surface area contributed by atoms with Crippen LogP contribution in [-0.2, 0) is 6.54 Å². The van der Waals surface area contributed by atoms with Crippen LogP contribution in [0.15, 0.2) is 23.5 Å². The fraction of sp³-hybridized carbons (Fsp3) is 0.467. The van der Waals surface area contributed by atoms with E-state index in [4.69, 9.17) is 0 Å². The molecule has 2 heterocycles. The molecule has 0 saturated heterocycles. The molecular weight excluding hydrogens is 279 g/mol. The summed E-state index contributed by atoms with van der Waals surface area (Å²) in [6.07, 6.45) is 0.885. The van der Waals surface area contributed by atoms with Gasteiger partial charge in [-0.15, -0.1) is 0 Å². The van der Waals surface area contributed by atoms with Crippen LogP contribution in [0.5, 0.6) is 0 Å². The summed E-state index contributed by atoms with van der Waals surface area (Å²) in [7, 11) is 2.02. The molecule has 1 aromatic carbocycles. The summed E-state index contributed by atoms with van der Waals surface area (Å²) in [4.78, 5) is 4.30. The molecule has 1 atom stereocenters. The number of halogens is 3. The van der Waals surface area contributed by atoms with Crippen LogP contribution in [-0.4, -0.2) is 36.1 Å². The van der Waals surface area contributed by atoms with Crippen molar-refractivity contribution in [2.75, 3.05) is 20.3 Å². The van der Waals surface area contributed by atoms with Gasteiger partial charge in [-0.1, -0.05) is 0 Å². The topological polar surface area (TPSA) is 18.5 Å². The molecule has 1 unspecified atom stereocenters. The lowest BCUT2D eigenvalue weighted by Gasteiger charge is -2.36. The molecule has 114 valence electrons. The van der Waals surface area contributed by atoms with Gasteiger partial charge in [-0.3, -0.25) is 4.90 Å². The molecule has 3 nitrogen and oxygen atoms in total. The van der Waals surface area contributed by atoms with Crippen LogP contribution < -0.4 is 5.32 Å². The third kappa shape index (κ3) is 2.48. The number of nitrogens with zero attached hydrogens (tertiary/aromatic N) is 2. The first kappa shape index (κ1) is 14.3. The van der Waals surface area contributed by atoms with E-state index in [-0.39, 0.29) is 6.04 Å². The van der Waals surface area contributed by atoms with E-state index in [9.17, 15) is 13.2 Å². The van der Waals surface area contributed by atoms with E-state index in [1.165, 1.54) is 11.4 Å². The van der Waals surface area contributed by atoms with Gasteiger partial charge >= 0.3 is 0 Å². The third-order valence-electron chi connectivity index (χ3n) is 4.27. The molecule has 3 rings (SSSR count). The van der Waals surface area contributed by atoms with Gasteiger partial charge in [0.1, 0.15) is 0 Å². The zero-order valence-electron chi connectivity index (χ0n) is 12.1. The summed E-state index contributed by atoms with van der Waals surface area (Å²) in [6, 6.07) is 2.31. The minimum atomic E-state index is -1.41. The van der Waals surface area contributed by atoms with Crippen LogP contribution in [0, 0.1) is 17.5 Å². The largest absolute Gasteiger partial charge is 0.370 e. The second kappa shape index (κ2) is 5.26. The van der Waals surface area contributed by atoms with E-state index < -0.39 is 17.5 Å². The number of rotatable bonds is 2. The average molecular weight is 297 g/mol. The normalized spacial score (nSPS) is 22.5. The van der Waals surface area contributed by atoms with Gasteiger partial charge < -0.3 is 10.2 Å². The molecular formula is C15H18F3N3. The fourth-order valence-electron chi connectivity index (χ4n) is 3.18. The van der Waals surface area contributed by atoms with Crippen LogP contribution >= 0.6 is 0 Å². The molecule has 1 N–H and O–H groups in total.